The number of amides is 1. The average Bonchev–Trinajstić information content (AvgIpc) is 2.49. The number of rotatable bonds is 5. The predicted molar refractivity (Wildman–Crippen MR) is 82.8 cm³/mol. The van der Waals surface area contributed by atoms with Crippen molar-refractivity contribution >= 4 is 5.91 Å². The maximum absolute atomic E-state index is 13.2. The van der Waals surface area contributed by atoms with Crippen molar-refractivity contribution in [3.8, 4) is 0 Å². The van der Waals surface area contributed by atoms with Crippen LogP contribution in [0.25, 0.3) is 0 Å². The molecule has 2 aromatic carbocycles. The normalized spacial score (nSPS) is 10.8. The van der Waals surface area contributed by atoms with Gasteiger partial charge in [-0.1, -0.05) is 32.0 Å². The zero-order valence-corrected chi connectivity index (χ0v) is 12.7. The highest BCUT2D eigenvalue weighted by Gasteiger charge is 2.07. The zero-order valence-electron chi connectivity index (χ0n) is 12.7. The Morgan fingerprint density at radius 1 is 1.00 bits per heavy atom. The van der Waals surface area contributed by atoms with E-state index in [2.05, 4.69) is 5.32 Å². The Kier molecular flexibility index (Phi) is 5.26. The van der Waals surface area contributed by atoms with Gasteiger partial charge in [-0.15, -0.1) is 0 Å². The maximum atomic E-state index is 13.2. The third-order valence-corrected chi connectivity index (χ3v) is 3.28. The quantitative estimate of drug-likeness (QED) is 0.890. The Bertz CT molecular complexity index is 651. The number of carbonyl (C=O) groups excluding carboxylic acids is 1. The Morgan fingerprint density at radius 2 is 1.64 bits per heavy atom. The Labute approximate surface area is 129 Å². The highest BCUT2D eigenvalue weighted by Crippen LogP contribution is 2.14. The van der Waals surface area contributed by atoms with Gasteiger partial charge in [0.25, 0.3) is 5.91 Å². The molecule has 0 radical (unpaired) electrons. The van der Waals surface area contributed by atoms with E-state index in [0.717, 1.165) is 11.6 Å². The minimum Gasteiger partial charge on any atom is -0.352 e. The van der Waals surface area contributed by atoms with Gasteiger partial charge in [-0.25, -0.2) is 8.78 Å². The molecule has 0 aliphatic heterocycles. The van der Waals surface area contributed by atoms with Crippen LogP contribution in [-0.2, 0) is 6.42 Å². The van der Waals surface area contributed by atoms with E-state index >= 15 is 0 Å². The van der Waals surface area contributed by atoms with E-state index < -0.39 is 11.6 Å². The summed E-state index contributed by atoms with van der Waals surface area (Å²) in [4.78, 5) is 11.9. The fourth-order valence-electron chi connectivity index (χ4n) is 2.06. The Morgan fingerprint density at radius 3 is 2.23 bits per heavy atom. The third-order valence-electron chi connectivity index (χ3n) is 3.28. The highest BCUT2D eigenvalue weighted by atomic mass is 19.2. The lowest BCUT2D eigenvalue weighted by Gasteiger charge is -2.08. The van der Waals surface area contributed by atoms with Crippen LogP contribution in [0.2, 0.25) is 0 Å². The molecule has 0 aromatic heterocycles. The molecule has 2 nitrogen and oxygen atoms in total. The molecule has 1 N–H and O–H groups in total. The van der Waals surface area contributed by atoms with Crippen LogP contribution >= 0.6 is 0 Å². The van der Waals surface area contributed by atoms with E-state index in [9.17, 15) is 13.6 Å². The van der Waals surface area contributed by atoms with Crippen LogP contribution in [0.3, 0.4) is 0 Å². The first-order valence-electron chi connectivity index (χ1n) is 7.27. The SMILES string of the molecule is CC(C)CNC(=O)c1ccc(Cc2ccc(F)c(F)c2)cc1. The zero-order chi connectivity index (χ0) is 16.1. The van der Waals surface area contributed by atoms with Crippen molar-refractivity contribution in [3.05, 3.63) is 70.8 Å². The number of carbonyl (C=O) groups is 1. The minimum absolute atomic E-state index is 0.104. The van der Waals surface area contributed by atoms with Gasteiger partial charge >= 0.3 is 0 Å². The summed E-state index contributed by atoms with van der Waals surface area (Å²) in [5.41, 5.74) is 2.22. The van der Waals surface area contributed by atoms with Crippen molar-refractivity contribution in [2.75, 3.05) is 6.54 Å². The first kappa shape index (κ1) is 16.1. The van der Waals surface area contributed by atoms with Gasteiger partial charge in [-0.3, -0.25) is 4.79 Å². The molecule has 2 aromatic rings. The van der Waals surface area contributed by atoms with Crippen molar-refractivity contribution in [3.63, 3.8) is 0 Å². The summed E-state index contributed by atoms with van der Waals surface area (Å²) in [5, 5.41) is 2.85. The van der Waals surface area contributed by atoms with Gasteiger partial charge in [-0.2, -0.15) is 0 Å². The molecule has 0 fully saturated rings. The van der Waals surface area contributed by atoms with Gasteiger partial charge in [0.05, 0.1) is 0 Å². The molecule has 0 aliphatic carbocycles. The van der Waals surface area contributed by atoms with E-state index in [1.165, 1.54) is 6.07 Å². The van der Waals surface area contributed by atoms with E-state index in [0.29, 0.717) is 30.0 Å². The second kappa shape index (κ2) is 7.16. The maximum Gasteiger partial charge on any atom is 0.251 e. The number of hydrogen-bond donors (Lipinski definition) is 1. The molecule has 4 heteroatoms. The van der Waals surface area contributed by atoms with Crippen molar-refractivity contribution in [1.82, 2.24) is 5.32 Å². The molecule has 2 rings (SSSR count). The number of nitrogens with one attached hydrogen (secondary N) is 1. The van der Waals surface area contributed by atoms with Gasteiger partial charge in [0.1, 0.15) is 0 Å². The molecule has 0 saturated heterocycles. The summed E-state index contributed by atoms with van der Waals surface area (Å²) in [6.45, 7) is 4.70. The Balaban J connectivity index is 2.02. The van der Waals surface area contributed by atoms with Gasteiger partial charge < -0.3 is 5.32 Å². The molecule has 116 valence electrons. The van der Waals surface area contributed by atoms with Gasteiger partial charge in [0, 0.05) is 12.1 Å². The minimum atomic E-state index is -0.846. The molecule has 0 atom stereocenters. The molecule has 0 aliphatic rings. The summed E-state index contributed by atoms with van der Waals surface area (Å²) < 4.78 is 26.1. The highest BCUT2D eigenvalue weighted by molar-refractivity contribution is 5.94. The summed E-state index contributed by atoms with van der Waals surface area (Å²) in [5.74, 6) is -1.40. The first-order chi connectivity index (χ1) is 10.5. The Hall–Kier alpha value is -2.23. The molecule has 0 heterocycles. The summed E-state index contributed by atoms with van der Waals surface area (Å²) in [6, 6.07) is 11.0. The van der Waals surface area contributed by atoms with Gasteiger partial charge in [0.15, 0.2) is 11.6 Å². The molecule has 0 unspecified atom stereocenters. The van der Waals surface area contributed by atoms with Crippen LogP contribution in [0.4, 0.5) is 8.78 Å². The molecule has 0 spiro atoms. The molecule has 22 heavy (non-hydrogen) atoms. The van der Waals surface area contributed by atoms with Crippen molar-refractivity contribution in [2.45, 2.75) is 20.3 Å². The smallest absolute Gasteiger partial charge is 0.251 e. The first-order valence-corrected chi connectivity index (χ1v) is 7.27. The fourth-order valence-corrected chi connectivity index (χ4v) is 2.06. The number of halogens is 2. The summed E-state index contributed by atoms with van der Waals surface area (Å²) in [7, 11) is 0. The van der Waals surface area contributed by atoms with Crippen molar-refractivity contribution in [1.29, 1.82) is 0 Å². The summed E-state index contributed by atoms with van der Waals surface area (Å²) >= 11 is 0. The van der Waals surface area contributed by atoms with Crippen LogP contribution in [0.15, 0.2) is 42.5 Å². The standard InChI is InChI=1S/C18H19F2NO/c1-12(2)11-21-18(22)15-6-3-13(4-7-15)9-14-5-8-16(19)17(20)10-14/h3-8,10,12H,9,11H2,1-2H3,(H,21,22). The van der Waals surface area contributed by atoms with E-state index in [1.807, 2.05) is 26.0 Å². The monoisotopic (exact) mass is 303 g/mol. The topological polar surface area (TPSA) is 29.1 Å². The third kappa shape index (κ3) is 4.38. The average molecular weight is 303 g/mol. The van der Waals surface area contributed by atoms with E-state index in [1.54, 1.807) is 18.2 Å². The van der Waals surface area contributed by atoms with Crippen LogP contribution in [0.1, 0.15) is 35.3 Å². The molecule has 1 amide bonds. The van der Waals surface area contributed by atoms with Crippen LogP contribution in [0, 0.1) is 17.6 Å². The van der Waals surface area contributed by atoms with Crippen LogP contribution < -0.4 is 5.32 Å². The van der Waals surface area contributed by atoms with Crippen LogP contribution in [0.5, 0.6) is 0 Å². The molecule has 0 bridgehead atoms. The predicted octanol–water partition coefficient (Wildman–Crippen LogP) is 3.94. The second-order valence-corrected chi connectivity index (χ2v) is 5.73. The number of hydrogen-bond acceptors (Lipinski definition) is 1. The van der Waals surface area contributed by atoms with Gasteiger partial charge in [-0.05, 0) is 47.7 Å². The van der Waals surface area contributed by atoms with Crippen molar-refractivity contribution in [2.24, 2.45) is 5.92 Å². The fraction of sp³-hybridized carbons (Fsp3) is 0.278. The second-order valence-electron chi connectivity index (χ2n) is 5.73. The number of benzene rings is 2. The van der Waals surface area contributed by atoms with E-state index in [4.69, 9.17) is 0 Å². The van der Waals surface area contributed by atoms with E-state index in [-0.39, 0.29) is 5.91 Å². The largest absolute Gasteiger partial charge is 0.352 e. The molecular formula is C18H19F2NO. The lowest BCUT2D eigenvalue weighted by atomic mass is 10.0. The van der Waals surface area contributed by atoms with Gasteiger partial charge in [0.2, 0.25) is 0 Å². The van der Waals surface area contributed by atoms with Crippen LogP contribution in [-0.4, -0.2) is 12.5 Å². The van der Waals surface area contributed by atoms with Crippen molar-refractivity contribution < 1.29 is 13.6 Å². The lowest BCUT2D eigenvalue weighted by molar-refractivity contribution is 0.0949. The molecule has 0 saturated carbocycles. The summed E-state index contributed by atoms with van der Waals surface area (Å²) in [6.07, 6.45) is 0.491. The molecular weight excluding hydrogens is 284 g/mol. The lowest BCUT2D eigenvalue weighted by Crippen LogP contribution is -2.27.